The summed E-state index contributed by atoms with van der Waals surface area (Å²) in [6.07, 6.45) is 0. The van der Waals surface area contributed by atoms with Crippen molar-refractivity contribution in [2.75, 3.05) is 0 Å². The van der Waals surface area contributed by atoms with E-state index in [1.807, 2.05) is 19.9 Å². The Morgan fingerprint density at radius 1 is 0.889 bits per heavy atom. The van der Waals surface area contributed by atoms with Gasteiger partial charge >= 0.3 is 0 Å². The number of hydrogen-bond acceptors (Lipinski definition) is 6. The third-order valence-electron chi connectivity index (χ3n) is 4.26. The quantitative estimate of drug-likeness (QED) is 0.416. The van der Waals surface area contributed by atoms with E-state index in [4.69, 9.17) is 0 Å². The molecule has 0 spiro atoms. The Bertz CT molecular complexity index is 916. The largest absolute Gasteiger partial charge is 0.306 e. The number of aromatic nitrogens is 5. The summed E-state index contributed by atoms with van der Waals surface area (Å²) >= 11 is 3.35. The zero-order chi connectivity index (χ0) is 19.4. The SMILES string of the molecule is CCn1c(CSc2nc(C)cc(C)n2)nnc1SCc1cc(C)ccc1C. The van der Waals surface area contributed by atoms with Crippen molar-refractivity contribution in [3.63, 3.8) is 0 Å². The number of hydrogen-bond donors (Lipinski definition) is 0. The Balaban J connectivity index is 1.69. The molecule has 1 aromatic carbocycles. The highest BCUT2D eigenvalue weighted by molar-refractivity contribution is 7.98. The predicted molar refractivity (Wildman–Crippen MR) is 112 cm³/mol. The monoisotopic (exact) mass is 399 g/mol. The van der Waals surface area contributed by atoms with E-state index >= 15 is 0 Å². The molecular weight excluding hydrogens is 374 g/mol. The van der Waals surface area contributed by atoms with Crippen LogP contribution in [0.2, 0.25) is 0 Å². The second kappa shape index (κ2) is 8.89. The Kier molecular flexibility index (Phi) is 6.55. The summed E-state index contributed by atoms with van der Waals surface area (Å²) in [5.41, 5.74) is 5.95. The normalized spacial score (nSPS) is 11.1. The van der Waals surface area contributed by atoms with Crippen LogP contribution in [0.1, 0.15) is 40.8 Å². The van der Waals surface area contributed by atoms with Gasteiger partial charge in [-0.1, -0.05) is 47.3 Å². The van der Waals surface area contributed by atoms with E-state index in [0.29, 0.717) is 5.75 Å². The third-order valence-corrected chi connectivity index (χ3v) is 6.12. The van der Waals surface area contributed by atoms with Gasteiger partial charge in [0.25, 0.3) is 0 Å². The fraction of sp³-hybridized carbons (Fsp3) is 0.400. The number of aryl methyl sites for hydroxylation is 4. The van der Waals surface area contributed by atoms with Gasteiger partial charge in [0, 0.05) is 23.7 Å². The zero-order valence-corrected chi connectivity index (χ0v) is 18.1. The first-order valence-corrected chi connectivity index (χ1v) is 11.0. The highest BCUT2D eigenvalue weighted by Gasteiger charge is 2.13. The molecule has 142 valence electrons. The van der Waals surface area contributed by atoms with E-state index in [1.165, 1.54) is 16.7 Å². The van der Waals surface area contributed by atoms with Crippen molar-refractivity contribution < 1.29 is 0 Å². The van der Waals surface area contributed by atoms with Gasteiger partial charge in [-0.2, -0.15) is 0 Å². The Morgan fingerprint density at radius 2 is 1.63 bits per heavy atom. The summed E-state index contributed by atoms with van der Waals surface area (Å²) in [5, 5.41) is 10.6. The minimum absolute atomic E-state index is 0.716. The van der Waals surface area contributed by atoms with Gasteiger partial charge in [0.1, 0.15) is 5.82 Å². The minimum Gasteiger partial charge on any atom is -0.306 e. The molecule has 0 unspecified atom stereocenters. The van der Waals surface area contributed by atoms with Gasteiger partial charge < -0.3 is 4.57 Å². The predicted octanol–water partition coefficient (Wildman–Crippen LogP) is 4.91. The summed E-state index contributed by atoms with van der Waals surface area (Å²) in [5.74, 6) is 2.58. The first-order chi connectivity index (χ1) is 13.0. The minimum atomic E-state index is 0.716. The van der Waals surface area contributed by atoms with Crippen LogP contribution >= 0.6 is 23.5 Å². The molecule has 3 aromatic rings. The standard InChI is InChI=1S/C20H25N5S2/c1-6-25-18(12-26-19-21-15(4)10-16(5)22-19)23-24-20(25)27-11-17-9-13(2)7-8-14(17)3/h7-10H,6,11-12H2,1-5H3. The molecule has 27 heavy (non-hydrogen) atoms. The Hall–Kier alpha value is -1.86. The van der Waals surface area contributed by atoms with Crippen molar-refractivity contribution in [1.82, 2.24) is 24.7 Å². The maximum Gasteiger partial charge on any atom is 0.191 e. The Morgan fingerprint density at radius 3 is 2.33 bits per heavy atom. The summed E-state index contributed by atoms with van der Waals surface area (Å²) < 4.78 is 2.19. The molecule has 0 saturated carbocycles. The second-order valence-electron chi connectivity index (χ2n) is 6.58. The number of rotatable bonds is 7. The molecule has 0 fully saturated rings. The van der Waals surface area contributed by atoms with Gasteiger partial charge in [-0.25, -0.2) is 9.97 Å². The van der Waals surface area contributed by atoms with Crippen LogP contribution in [0.4, 0.5) is 0 Å². The highest BCUT2D eigenvalue weighted by atomic mass is 32.2. The van der Waals surface area contributed by atoms with Gasteiger partial charge in [0.2, 0.25) is 0 Å². The van der Waals surface area contributed by atoms with E-state index in [2.05, 4.69) is 63.7 Å². The molecule has 0 radical (unpaired) electrons. The van der Waals surface area contributed by atoms with Crippen molar-refractivity contribution >= 4 is 23.5 Å². The van der Waals surface area contributed by atoms with Crippen LogP contribution in [0, 0.1) is 27.7 Å². The summed E-state index contributed by atoms with van der Waals surface area (Å²) in [7, 11) is 0. The van der Waals surface area contributed by atoms with Crippen molar-refractivity contribution in [1.29, 1.82) is 0 Å². The summed E-state index contributed by atoms with van der Waals surface area (Å²) in [6.45, 7) is 11.3. The molecule has 5 nitrogen and oxygen atoms in total. The van der Waals surface area contributed by atoms with Crippen molar-refractivity contribution in [2.45, 2.75) is 63.0 Å². The van der Waals surface area contributed by atoms with Crippen LogP contribution in [-0.2, 0) is 18.1 Å². The van der Waals surface area contributed by atoms with Crippen molar-refractivity contribution in [3.8, 4) is 0 Å². The maximum absolute atomic E-state index is 4.49. The first-order valence-electron chi connectivity index (χ1n) is 9.02. The lowest BCUT2D eigenvalue weighted by atomic mass is 10.1. The summed E-state index contributed by atoms with van der Waals surface area (Å²) in [6, 6.07) is 8.58. The Labute approximate surface area is 169 Å². The van der Waals surface area contributed by atoms with E-state index in [9.17, 15) is 0 Å². The molecule has 3 rings (SSSR count). The zero-order valence-electron chi connectivity index (χ0n) is 16.5. The van der Waals surface area contributed by atoms with Crippen LogP contribution in [0.3, 0.4) is 0 Å². The van der Waals surface area contributed by atoms with Gasteiger partial charge in [-0.05, 0) is 51.8 Å². The van der Waals surface area contributed by atoms with Gasteiger partial charge in [-0.3, -0.25) is 0 Å². The third kappa shape index (κ3) is 5.11. The smallest absolute Gasteiger partial charge is 0.191 e. The molecule has 0 amide bonds. The lowest BCUT2D eigenvalue weighted by Gasteiger charge is -2.09. The first kappa shape index (κ1) is 19.9. The highest BCUT2D eigenvalue weighted by Crippen LogP contribution is 2.26. The maximum atomic E-state index is 4.49. The van der Waals surface area contributed by atoms with E-state index in [-0.39, 0.29) is 0 Å². The fourth-order valence-electron chi connectivity index (χ4n) is 2.84. The lowest BCUT2D eigenvalue weighted by Crippen LogP contribution is -2.03. The average Bonchev–Trinajstić information content (AvgIpc) is 3.02. The molecule has 0 aliphatic rings. The average molecular weight is 400 g/mol. The molecule has 0 aliphatic carbocycles. The lowest BCUT2D eigenvalue weighted by molar-refractivity contribution is 0.658. The molecule has 0 aliphatic heterocycles. The molecule has 0 bridgehead atoms. The summed E-state index contributed by atoms with van der Waals surface area (Å²) in [4.78, 5) is 8.99. The van der Waals surface area contributed by atoms with E-state index in [0.717, 1.165) is 39.8 Å². The molecule has 0 N–H and O–H groups in total. The molecule has 7 heteroatoms. The van der Waals surface area contributed by atoms with E-state index in [1.54, 1.807) is 23.5 Å². The molecule has 2 heterocycles. The van der Waals surface area contributed by atoms with Crippen LogP contribution in [0.25, 0.3) is 0 Å². The van der Waals surface area contributed by atoms with Crippen molar-refractivity contribution in [3.05, 3.63) is 58.2 Å². The van der Waals surface area contributed by atoms with E-state index < -0.39 is 0 Å². The number of nitrogens with zero attached hydrogens (tertiary/aromatic N) is 5. The van der Waals surface area contributed by atoms with Gasteiger partial charge in [0.05, 0.1) is 5.75 Å². The van der Waals surface area contributed by atoms with Crippen LogP contribution in [-0.4, -0.2) is 24.7 Å². The number of thioether (sulfide) groups is 2. The van der Waals surface area contributed by atoms with Crippen LogP contribution in [0.5, 0.6) is 0 Å². The molecule has 0 saturated heterocycles. The van der Waals surface area contributed by atoms with Crippen LogP contribution < -0.4 is 0 Å². The molecule has 2 aromatic heterocycles. The number of benzene rings is 1. The topological polar surface area (TPSA) is 56.5 Å². The molecule has 0 atom stereocenters. The van der Waals surface area contributed by atoms with Gasteiger partial charge in [0.15, 0.2) is 10.3 Å². The van der Waals surface area contributed by atoms with Crippen LogP contribution in [0.15, 0.2) is 34.6 Å². The molecular formula is C20H25N5S2. The van der Waals surface area contributed by atoms with Crippen molar-refractivity contribution in [2.24, 2.45) is 0 Å². The van der Waals surface area contributed by atoms with Gasteiger partial charge in [-0.15, -0.1) is 10.2 Å². The second-order valence-corrected chi connectivity index (χ2v) is 8.47. The fourth-order valence-corrected chi connectivity index (χ4v) is 4.81.